The summed E-state index contributed by atoms with van der Waals surface area (Å²) >= 11 is 1.12. The number of carbonyl (C=O) groups is 1. The molecular formula is C17H12F2N2O2S. The molecule has 0 radical (unpaired) electrons. The number of ether oxygens (including phenoxy) is 1. The van der Waals surface area contributed by atoms with Crippen LogP contribution in [0.1, 0.15) is 5.56 Å². The van der Waals surface area contributed by atoms with Crippen molar-refractivity contribution in [1.82, 2.24) is 5.32 Å². The van der Waals surface area contributed by atoms with E-state index in [-0.39, 0.29) is 5.91 Å². The summed E-state index contributed by atoms with van der Waals surface area (Å²) in [5.74, 6) is -1.66. The summed E-state index contributed by atoms with van der Waals surface area (Å²) in [5, 5.41) is 3.02. The first kappa shape index (κ1) is 16.2. The molecule has 1 aliphatic rings. The summed E-state index contributed by atoms with van der Waals surface area (Å²) in [5.41, 5.74) is 0.974. The number of amides is 1. The van der Waals surface area contributed by atoms with Crippen LogP contribution in [0.15, 0.2) is 52.4 Å². The molecule has 0 saturated carbocycles. The highest BCUT2D eigenvalue weighted by Crippen LogP contribution is 2.32. The van der Waals surface area contributed by atoms with Gasteiger partial charge in [0.25, 0.3) is 5.91 Å². The van der Waals surface area contributed by atoms with Crippen LogP contribution in [0.3, 0.4) is 0 Å². The molecular weight excluding hydrogens is 334 g/mol. The zero-order valence-electron chi connectivity index (χ0n) is 12.5. The number of para-hydroxylation sites is 2. The number of aliphatic imine (C=N–C) groups is 1. The van der Waals surface area contributed by atoms with Gasteiger partial charge in [-0.3, -0.25) is 4.79 Å². The average molecular weight is 346 g/mol. The third kappa shape index (κ3) is 3.46. The third-order valence-corrected chi connectivity index (χ3v) is 4.11. The number of thioether (sulfide) groups is 1. The molecule has 3 rings (SSSR count). The van der Waals surface area contributed by atoms with Crippen LogP contribution in [0.5, 0.6) is 5.75 Å². The second-order valence-corrected chi connectivity index (χ2v) is 5.86. The lowest BCUT2D eigenvalue weighted by Crippen LogP contribution is -2.19. The zero-order valence-corrected chi connectivity index (χ0v) is 13.4. The van der Waals surface area contributed by atoms with Crippen molar-refractivity contribution in [3.05, 3.63) is 64.6 Å². The van der Waals surface area contributed by atoms with E-state index in [4.69, 9.17) is 4.74 Å². The zero-order chi connectivity index (χ0) is 17.1. The molecule has 2 aromatic carbocycles. The molecule has 0 spiro atoms. The average Bonchev–Trinajstić information content (AvgIpc) is 2.91. The summed E-state index contributed by atoms with van der Waals surface area (Å²) in [7, 11) is 1.54. The number of rotatable bonds is 3. The third-order valence-electron chi connectivity index (χ3n) is 3.20. The van der Waals surface area contributed by atoms with Crippen molar-refractivity contribution in [3.63, 3.8) is 0 Å². The Morgan fingerprint density at radius 1 is 1.17 bits per heavy atom. The molecule has 0 unspecified atom stereocenters. The quantitative estimate of drug-likeness (QED) is 0.859. The van der Waals surface area contributed by atoms with Gasteiger partial charge in [-0.25, -0.2) is 13.8 Å². The van der Waals surface area contributed by atoms with Crippen LogP contribution in [0.25, 0.3) is 6.08 Å². The molecule has 1 fully saturated rings. The van der Waals surface area contributed by atoms with Gasteiger partial charge in [0.05, 0.1) is 12.0 Å². The Hall–Kier alpha value is -2.67. The smallest absolute Gasteiger partial charge is 0.264 e. The summed E-state index contributed by atoms with van der Waals surface area (Å²) < 4.78 is 31.4. The van der Waals surface area contributed by atoms with Gasteiger partial charge in [0.1, 0.15) is 11.4 Å². The molecule has 0 atom stereocenters. The minimum absolute atomic E-state index is 0.342. The molecule has 4 nitrogen and oxygen atoms in total. The van der Waals surface area contributed by atoms with Gasteiger partial charge >= 0.3 is 0 Å². The van der Waals surface area contributed by atoms with Crippen molar-refractivity contribution in [2.24, 2.45) is 4.99 Å². The van der Waals surface area contributed by atoms with E-state index in [9.17, 15) is 13.6 Å². The van der Waals surface area contributed by atoms with Gasteiger partial charge < -0.3 is 10.1 Å². The van der Waals surface area contributed by atoms with Crippen LogP contribution >= 0.6 is 11.8 Å². The van der Waals surface area contributed by atoms with E-state index in [1.54, 1.807) is 18.2 Å². The Morgan fingerprint density at radius 2 is 1.96 bits per heavy atom. The number of hydrogen-bond acceptors (Lipinski definition) is 4. The largest absolute Gasteiger partial charge is 0.494 e. The standard InChI is InChI=1S/C17H12F2N2O2S/c1-23-14-5-3-2-4-13(14)20-17-21-16(22)15(24-17)9-10-6-7-11(18)12(19)8-10/h2-9H,1H3,(H,20,21,22)/b15-9-. The van der Waals surface area contributed by atoms with Crippen LogP contribution in [-0.4, -0.2) is 18.2 Å². The maximum absolute atomic E-state index is 13.2. The Bertz CT molecular complexity index is 865. The molecule has 0 bridgehead atoms. The van der Waals surface area contributed by atoms with Crippen molar-refractivity contribution in [2.75, 3.05) is 7.11 Å². The molecule has 1 saturated heterocycles. The summed E-state index contributed by atoms with van der Waals surface area (Å²) in [6.07, 6.45) is 1.48. The number of nitrogens with zero attached hydrogens (tertiary/aromatic N) is 1. The SMILES string of the molecule is COc1ccccc1N=C1NC(=O)/C(=C/c2ccc(F)c(F)c2)S1. The van der Waals surface area contributed by atoms with E-state index in [2.05, 4.69) is 10.3 Å². The fourth-order valence-corrected chi connectivity index (χ4v) is 2.90. The highest BCUT2D eigenvalue weighted by Gasteiger charge is 2.24. The lowest BCUT2D eigenvalue weighted by atomic mass is 10.2. The topological polar surface area (TPSA) is 50.7 Å². The number of methoxy groups -OCH3 is 1. The number of amidine groups is 1. The maximum atomic E-state index is 13.2. The van der Waals surface area contributed by atoms with Crippen LogP contribution < -0.4 is 10.1 Å². The molecule has 1 aliphatic heterocycles. The molecule has 1 amide bonds. The minimum Gasteiger partial charge on any atom is -0.494 e. The van der Waals surface area contributed by atoms with E-state index >= 15 is 0 Å². The maximum Gasteiger partial charge on any atom is 0.264 e. The number of halogens is 2. The molecule has 1 heterocycles. The first-order valence-corrected chi connectivity index (χ1v) is 7.76. The van der Waals surface area contributed by atoms with E-state index in [0.717, 1.165) is 23.9 Å². The lowest BCUT2D eigenvalue weighted by molar-refractivity contribution is -0.115. The molecule has 7 heteroatoms. The van der Waals surface area contributed by atoms with E-state index in [1.807, 2.05) is 6.07 Å². The summed E-state index contributed by atoms with van der Waals surface area (Å²) in [6.45, 7) is 0. The van der Waals surface area contributed by atoms with Gasteiger partial charge in [-0.05, 0) is 47.7 Å². The van der Waals surface area contributed by atoms with Gasteiger partial charge in [0.15, 0.2) is 16.8 Å². The lowest BCUT2D eigenvalue weighted by Gasteiger charge is -2.03. The van der Waals surface area contributed by atoms with Crippen molar-refractivity contribution in [3.8, 4) is 5.75 Å². The summed E-state index contributed by atoms with van der Waals surface area (Å²) in [4.78, 5) is 16.7. The van der Waals surface area contributed by atoms with Crippen LogP contribution in [0.4, 0.5) is 14.5 Å². The normalized spacial score (nSPS) is 17.4. The Balaban J connectivity index is 1.86. The number of carbonyl (C=O) groups excluding carboxylic acids is 1. The Labute approximate surface area is 141 Å². The Kier molecular flexibility index (Phi) is 4.61. The highest BCUT2D eigenvalue weighted by atomic mass is 32.2. The predicted octanol–water partition coefficient (Wildman–Crippen LogP) is 3.87. The first-order chi connectivity index (χ1) is 11.6. The number of hydrogen-bond donors (Lipinski definition) is 1. The van der Waals surface area contributed by atoms with Gasteiger partial charge in [0, 0.05) is 0 Å². The fraction of sp³-hybridized carbons (Fsp3) is 0.0588. The molecule has 1 N–H and O–H groups in total. The van der Waals surface area contributed by atoms with Crippen molar-refractivity contribution in [2.45, 2.75) is 0 Å². The van der Waals surface area contributed by atoms with Crippen LogP contribution in [-0.2, 0) is 4.79 Å². The molecule has 2 aromatic rings. The summed E-state index contributed by atoms with van der Waals surface area (Å²) in [6, 6.07) is 10.6. The number of benzene rings is 2. The monoisotopic (exact) mass is 346 g/mol. The van der Waals surface area contributed by atoms with Gasteiger partial charge in [-0.15, -0.1) is 0 Å². The second kappa shape index (κ2) is 6.84. The first-order valence-electron chi connectivity index (χ1n) is 6.94. The predicted molar refractivity (Wildman–Crippen MR) is 90.2 cm³/mol. The molecule has 24 heavy (non-hydrogen) atoms. The van der Waals surface area contributed by atoms with Crippen LogP contribution in [0, 0.1) is 11.6 Å². The fourth-order valence-electron chi connectivity index (χ4n) is 2.07. The highest BCUT2D eigenvalue weighted by molar-refractivity contribution is 8.18. The molecule has 0 aliphatic carbocycles. The van der Waals surface area contributed by atoms with E-state index in [1.165, 1.54) is 19.3 Å². The minimum atomic E-state index is -0.962. The molecule has 0 aromatic heterocycles. The molecule has 122 valence electrons. The van der Waals surface area contributed by atoms with Gasteiger partial charge in [-0.2, -0.15) is 0 Å². The van der Waals surface area contributed by atoms with Gasteiger partial charge in [-0.1, -0.05) is 18.2 Å². The van der Waals surface area contributed by atoms with Crippen molar-refractivity contribution >= 4 is 34.6 Å². The van der Waals surface area contributed by atoms with E-state index in [0.29, 0.717) is 27.1 Å². The van der Waals surface area contributed by atoms with Gasteiger partial charge in [0.2, 0.25) is 0 Å². The van der Waals surface area contributed by atoms with E-state index < -0.39 is 11.6 Å². The number of nitrogens with one attached hydrogen (secondary N) is 1. The van der Waals surface area contributed by atoms with Crippen molar-refractivity contribution in [1.29, 1.82) is 0 Å². The van der Waals surface area contributed by atoms with Crippen molar-refractivity contribution < 1.29 is 18.3 Å². The Morgan fingerprint density at radius 3 is 2.71 bits per heavy atom. The van der Waals surface area contributed by atoms with Crippen LogP contribution in [0.2, 0.25) is 0 Å². The second-order valence-electron chi connectivity index (χ2n) is 4.83.